The summed E-state index contributed by atoms with van der Waals surface area (Å²) in [5.74, 6) is 0.805. The van der Waals surface area contributed by atoms with Crippen LogP contribution in [-0.4, -0.2) is 24.0 Å². The molecule has 0 fully saturated rings. The van der Waals surface area contributed by atoms with Crippen LogP contribution in [0.4, 0.5) is 11.5 Å². The standard InChI is InChI=1S/C10H11N3O/c1-2-6-13-7-9(14)12-8-4-3-5-11-10(8)13/h2-5H,1,6-7H2,(H,12,14). The van der Waals surface area contributed by atoms with E-state index in [0.29, 0.717) is 13.1 Å². The second kappa shape index (κ2) is 3.49. The lowest BCUT2D eigenvalue weighted by Crippen LogP contribution is -2.38. The number of fused-ring (bicyclic) bond motifs is 1. The fourth-order valence-electron chi connectivity index (χ4n) is 1.49. The molecular weight excluding hydrogens is 178 g/mol. The van der Waals surface area contributed by atoms with Crippen molar-refractivity contribution in [2.45, 2.75) is 0 Å². The van der Waals surface area contributed by atoms with Gasteiger partial charge < -0.3 is 10.2 Å². The Balaban J connectivity index is 2.37. The van der Waals surface area contributed by atoms with Gasteiger partial charge in [0.25, 0.3) is 0 Å². The zero-order chi connectivity index (χ0) is 9.97. The first-order chi connectivity index (χ1) is 6.81. The molecule has 0 aromatic carbocycles. The topological polar surface area (TPSA) is 45.2 Å². The van der Waals surface area contributed by atoms with E-state index in [4.69, 9.17) is 0 Å². The molecular formula is C10H11N3O. The number of hydrogen-bond donors (Lipinski definition) is 1. The predicted molar refractivity (Wildman–Crippen MR) is 55.3 cm³/mol. The minimum atomic E-state index is -0.00708. The van der Waals surface area contributed by atoms with E-state index < -0.39 is 0 Å². The Kier molecular flexibility index (Phi) is 2.18. The highest BCUT2D eigenvalue weighted by Gasteiger charge is 2.21. The number of nitrogens with one attached hydrogen (secondary N) is 1. The van der Waals surface area contributed by atoms with Gasteiger partial charge in [0.2, 0.25) is 5.91 Å². The van der Waals surface area contributed by atoms with Crippen LogP contribution in [0.25, 0.3) is 0 Å². The first-order valence-corrected chi connectivity index (χ1v) is 4.42. The second-order valence-electron chi connectivity index (χ2n) is 3.09. The van der Waals surface area contributed by atoms with Crippen LogP contribution < -0.4 is 10.2 Å². The molecule has 0 bridgehead atoms. The summed E-state index contributed by atoms with van der Waals surface area (Å²) in [4.78, 5) is 17.4. The molecule has 1 aliphatic rings. The van der Waals surface area contributed by atoms with Crippen molar-refractivity contribution in [3.05, 3.63) is 31.0 Å². The molecule has 1 N–H and O–H groups in total. The van der Waals surface area contributed by atoms with Crippen LogP contribution >= 0.6 is 0 Å². The third-order valence-corrected chi connectivity index (χ3v) is 2.04. The van der Waals surface area contributed by atoms with Crippen LogP contribution in [0.2, 0.25) is 0 Å². The monoisotopic (exact) mass is 189 g/mol. The quantitative estimate of drug-likeness (QED) is 0.707. The summed E-state index contributed by atoms with van der Waals surface area (Å²) in [5, 5.41) is 2.77. The van der Waals surface area contributed by atoms with Crippen molar-refractivity contribution >= 4 is 17.4 Å². The number of rotatable bonds is 2. The normalized spacial score (nSPS) is 14.6. The molecule has 0 unspecified atom stereocenters. The predicted octanol–water partition coefficient (Wildman–Crippen LogP) is 1.03. The van der Waals surface area contributed by atoms with E-state index in [0.717, 1.165) is 11.5 Å². The lowest BCUT2D eigenvalue weighted by atomic mass is 10.2. The zero-order valence-corrected chi connectivity index (χ0v) is 7.73. The van der Waals surface area contributed by atoms with Crippen molar-refractivity contribution in [2.24, 2.45) is 0 Å². The Bertz CT molecular complexity index is 375. The first kappa shape index (κ1) is 8.74. The number of carbonyl (C=O) groups is 1. The number of hydrogen-bond acceptors (Lipinski definition) is 3. The van der Waals surface area contributed by atoms with Gasteiger partial charge >= 0.3 is 0 Å². The number of pyridine rings is 1. The van der Waals surface area contributed by atoms with Gasteiger partial charge in [-0.2, -0.15) is 0 Å². The summed E-state index contributed by atoms with van der Waals surface area (Å²) in [6.07, 6.45) is 3.48. The molecule has 1 aromatic heterocycles. The average Bonchev–Trinajstić information content (AvgIpc) is 2.18. The van der Waals surface area contributed by atoms with Crippen molar-refractivity contribution in [1.82, 2.24) is 4.98 Å². The summed E-state index contributed by atoms with van der Waals surface area (Å²) in [7, 11) is 0. The molecule has 2 rings (SSSR count). The van der Waals surface area contributed by atoms with Crippen molar-refractivity contribution in [2.75, 3.05) is 23.3 Å². The molecule has 0 atom stereocenters. The molecule has 4 nitrogen and oxygen atoms in total. The van der Waals surface area contributed by atoms with Gasteiger partial charge in [0.1, 0.15) is 0 Å². The molecule has 0 aliphatic carbocycles. The number of anilines is 2. The van der Waals surface area contributed by atoms with Crippen molar-refractivity contribution in [3.8, 4) is 0 Å². The van der Waals surface area contributed by atoms with Gasteiger partial charge in [0.15, 0.2) is 5.82 Å². The first-order valence-electron chi connectivity index (χ1n) is 4.42. The van der Waals surface area contributed by atoms with Gasteiger partial charge in [-0.3, -0.25) is 4.79 Å². The summed E-state index contributed by atoms with van der Waals surface area (Å²) in [6, 6.07) is 3.64. The van der Waals surface area contributed by atoms with Gasteiger partial charge in [0.05, 0.1) is 12.2 Å². The highest BCUT2D eigenvalue weighted by atomic mass is 16.2. The van der Waals surface area contributed by atoms with Gasteiger partial charge in [0, 0.05) is 12.7 Å². The Hall–Kier alpha value is -1.84. The van der Waals surface area contributed by atoms with E-state index in [1.807, 2.05) is 11.0 Å². The maximum Gasteiger partial charge on any atom is 0.244 e. The van der Waals surface area contributed by atoms with E-state index in [2.05, 4.69) is 16.9 Å². The van der Waals surface area contributed by atoms with E-state index >= 15 is 0 Å². The molecule has 1 aliphatic heterocycles. The van der Waals surface area contributed by atoms with Crippen LogP contribution in [0.3, 0.4) is 0 Å². The molecule has 72 valence electrons. The Morgan fingerprint density at radius 3 is 3.36 bits per heavy atom. The third kappa shape index (κ3) is 1.46. The summed E-state index contributed by atoms with van der Waals surface area (Å²) < 4.78 is 0. The highest BCUT2D eigenvalue weighted by molar-refractivity contribution is 6.00. The molecule has 2 heterocycles. The number of amides is 1. The molecule has 1 amide bonds. The fraction of sp³-hybridized carbons (Fsp3) is 0.200. The van der Waals surface area contributed by atoms with Crippen LogP contribution in [0.1, 0.15) is 0 Å². The Morgan fingerprint density at radius 1 is 1.71 bits per heavy atom. The Morgan fingerprint density at radius 2 is 2.57 bits per heavy atom. The molecule has 4 heteroatoms. The smallest absolute Gasteiger partial charge is 0.244 e. The highest BCUT2D eigenvalue weighted by Crippen LogP contribution is 2.25. The summed E-state index contributed by atoms with van der Waals surface area (Å²) in [5.41, 5.74) is 0.769. The Labute approximate surface area is 82.3 Å². The van der Waals surface area contributed by atoms with Gasteiger partial charge in [-0.1, -0.05) is 6.08 Å². The molecule has 14 heavy (non-hydrogen) atoms. The van der Waals surface area contributed by atoms with Crippen molar-refractivity contribution in [3.63, 3.8) is 0 Å². The number of aromatic nitrogens is 1. The number of nitrogens with zero attached hydrogens (tertiary/aromatic N) is 2. The lowest BCUT2D eigenvalue weighted by molar-refractivity contribution is -0.115. The average molecular weight is 189 g/mol. The van der Waals surface area contributed by atoms with Crippen LogP contribution in [0.15, 0.2) is 31.0 Å². The molecule has 1 aromatic rings. The van der Waals surface area contributed by atoms with Crippen LogP contribution in [0, 0.1) is 0 Å². The van der Waals surface area contributed by atoms with E-state index in [1.165, 1.54) is 0 Å². The summed E-state index contributed by atoms with van der Waals surface area (Å²) >= 11 is 0. The zero-order valence-electron chi connectivity index (χ0n) is 7.73. The van der Waals surface area contributed by atoms with E-state index in [-0.39, 0.29) is 5.91 Å². The van der Waals surface area contributed by atoms with E-state index in [1.54, 1.807) is 18.3 Å². The number of carbonyl (C=O) groups excluding carboxylic acids is 1. The minimum absolute atomic E-state index is 0.00708. The molecule has 0 spiro atoms. The van der Waals surface area contributed by atoms with Crippen LogP contribution in [-0.2, 0) is 4.79 Å². The maximum absolute atomic E-state index is 11.3. The fourth-order valence-corrected chi connectivity index (χ4v) is 1.49. The third-order valence-electron chi connectivity index (χ3n) is 2.04. The molecule has 0 saturated heterocycles. The van der Waals surface area contributed by atoms with E-state index in [9.17, 15) is 4.79 Å². The van der Waals surface area contributed by atoms with Gasteiger partial charge in [-0.15, -0.1) is 6.58 Å². The van der Waals surface area contributed by atoms with Crippen molar-refractivity contribution in [1.29, 1.82) is 0 Å². The summed E-state index contributed by atoms with van der Waals surface area (Å²) in [6.45, 7) is 4.63. The van der Waals surface area contributed by atoms with Gasteiger partial charge in [-0.05, 0) is 12.1 Å². The maximum atomic E-state index is 11.3. The SMILES string of the molecule is C=CCN1CC(=O)Nc2cccnc21. The molecule has 0 radical (unpaired) electrons. The van der Waals surface area contributed by atoms with Crippen molar-refractivity contribution < 1.29 is 4.79 Å². The lowest BCUT2D eigenvalue weighted by Gasteiger charge is -2.28. The van der Waals surface area contributed by atoms with Gasteiger partial charge in [-0.25, -0.2) is 4.98 Å². The van der Waals surface area contributed by atoms with Crippen LogP contribution in [0.5, 0.6) is 0 Å². The largest absolute Gasteiger partial charge is 0.342 e. The second-order valence-corrected chi connectivity index (χ2v) is 3.09. The minimum Gasteiger partial charge on any atom is -0.342 e. The molecule has 0 saturated carbocycles.